The topological polar surface area (TPSA) is 52.6 Å². The second kappa shape index (κ2) is 15.2. The maximum absolute atomic E-state index is 11.9. The maximum Gasteiger partial charge on any atom is 0.307 e. The molecule has 0 aliphatic heterocycles. The number of thiol groups is 2. The number of unbranched alkanes of at least 4 members (excludes halogenated alkanes) is 1. The maximum atomic E-state index is 11.9. The van der Waals surface area contributed by atoms with Crippen LogP contribution in [0.25, 0.3) is 0 Å². The van der Waals surface area contributed by atoms with Gasteiger partial charge in [-0.15, -0.1) is 0 Å². The van der Waals surface area contributed by atoms with Crippen molar-refractivity contribution in [1.29, 1.82) is 0 Å². The Morgan fingerprint density at radius 2 is 1.59 bits per heavy atom. The van der Waals surface area contributed by atoms with E-state index in [9.17, 15) is 9.59 Å². The Labute approximate surface area is 185 Å². The van der Waals surface area contributed by atoms with Crippen LogP contribution < -0.4 is 0 Å². The third-order valence-electron chi connectivity index (χ3n) is 4.15. The Kier molecular flexibility index (Phi) is 13.3. The van der Waals surface area contributed by atoms with Gasteiger partial charge in [0.1, 0.15) is 0 Å². The highest BCUT2D eigenvalue weighted by atomic mass is 32.1. The van der Waals surface area contributed by atoms with Gasteiger partial charge >= 0.3 is 11.9 Å². The van der Waals surface area contributed by atoms with E-state index in [1.54, 1.807) is 0 Å². The van der Waals surface area contributed by atoms with Crippen LogP contribution in [0.15, 0.2) is 54.1 Å². The molecule has 0 aliphatic rings. The molecule has 0 spiro atoms. The molecule has 6 heteroatoms. The first kappa shape index (κ1) is 25.4. The summed E-state index contributed by atoms with van der Waals surface area (Å²) in [6.45, 7) is 4.61. The number of hydrogen-bond donors (Lipinski definition) is 2. The lowest BCUT2D eigenvalue weighted by Gasteiger charge is -2.12. The van der Waals surface area contributed by atoms with Crippen LogP contribution in [0.4, 0.5) is 0 Å². The summed E-state index contributed by atoms with van der Waals surface area (Å²) in [5, 5.41) is -0.341. The van der Waals surface area contributed by atoms with E-state index in [4.69, 9.17) is 9.47 Å². The second-order valence-corrected chi connectivity index (χ2v) is 7.86. The molecule has 160 valence electrons. The van der Waals surface area contributed by atoms with Gasteiger partial charge in [0, 0.05) is 10.5 Å². The molecule has 0 aromatic heterocycles. The van der Waals surface area contributed by atoms with Crippen molar-refractivity contribution >= 4 is 37.2 Å². The van der Waals surface area contributed by atoms with Crippen molar-refractivity contribution in [3.8, 4) is 0 Å². The normalized spacial score (nSPS) is 13.9. The average Bonchev–Trinajstić information content (AvgIpc) is 2.71. The molecule has 0 bridgehead atoms. The largest absolute Gasteiger partial charge is 0.466 e. The summed E-state index contributed by atoms with van der Waals surface area (Å²) in [5.74, 6) is -0.544. The van der Waals surface area contributed by atoms with E-state index in [1.165, 1.54) is 0 Å². The summed E-state index contributed by atoms with van der Waals surface area (Å²) in [5.41, 5.74) is 2.02. The molecule has 0 amide bonds. The molecule has 0 saturated heterocycles. The van der Waals surface area contributed by atoms with Crippen LogP contribution in [0, 0.1) is 0 Å². The summed E-state index contributed by atoms with van der Waals surface area (Å²) in [6, 6.07) is 9.64. The van der Waals surface area contributed by atoms with Crippen molar-refractivity contribution in [2.45, 2.75) is 56.5 Å². The first-order chi connectivity index (χ1) is 14.0. The van der Waals surface area contributed by atoms with Crippen molar-refractivity contribution < 1.29 is 19.1 Å². The van der Waals surface area contributed by atoms with E-state index >= 15 is 0 Å². The summed E-state index contributed by atoms with van der Waals surface area (Å²) in [6.07, 6.45) is 8.61. The molecule has 1 aromatic rings. The van der Waals surface area contributed by atoms with Crippen molar-refractivity contribution in [3.05, 3.63) is 59.7 Å². The molecule has 29 heavy (non-hydrogen) atoms. The molecule has 1 rings (SSSR count). The minimum Gasteiger partial charge on any atom is -0.466 e. The van der Waals surface area contributed by atoms with Crippen LogP contribution in [0.2, 0.25) is 0 Å². The van der Waals surface area contributed by atoms with E-state index < -0.39 is 0 Å². The highest BCUT2D eigenvalue weighted by molar-refractivity contribution is 7.81. The fraction of sp³-hybridized carbons (Fsp3) is 0.478. The lowest BCUT2D eigenvalue weighted by atomic mass is 10.1. The van der Waals surface area contributed by atoms with Gasteiger partial charge < -0.3 is 9.47 Å². The van der Waals surface area contributed by atoms with E-state index in [0.29, 0.717) is 26.1 Å². The summed E-state index contributed by atoms with van der Waals surface area (Å²) >= 11 is 8.96. The molecule has 1 aromatic carbocycles. The van der Waals surface area contributed by atoms with E-state index in [2.05, 4.69) is 31.3 Å². The first-order valence-electron chi connectivity index (χ1n) is 10.0. The fourth-order valence-electron chi connectivity index (χ4n) is 2.66. The van der Waals surface area contributed by atoms with Crippen LogP contribution in [0.3, 0.4) is 0 Å². The van der Waals surface area contributed by atoms with Crippen LogP contribution in [0.1, 0.15) is 56.8 Å². The number of hydrogen-bond acceptors (Lipinski definition) is 6. The number of benzene rings is 1. The van der Waals surface area contributed by atoms with Crippen LogP contribution in [0.5, 0.6) is 0 Å². The SMILES string of the molecule is C/C=C\C(=C/CC)C(S)CC(=O)OCCCCOC(=O)CC(S)c1ccccc1. The smallest absolute Gasteiger partial charge is 0.307 e. The number of carbonyl (C=O) groups excluding carboxylic acids is 2. The van der Waals surface area contributed by atoms with E-state index in [0.717, 1.165) is 17.6 Å². The molecule has 0 fully saturated rings. The van der Waals surface area contributed by atoms with Gasteiger partial charge in [-0.25, -0.2) is 0 Å². The number of allylic oxidation sites excluding steroid dienone is 3. The zero-order valence-electron chi connectivity index (χ0n) is 17.3. The van der Waals surface area contributed by atoms with Gasteiger partial charge in [-0.05, 0) is 37.3 Å². The lowest BCUT2D eigenvalue weighted by Crippen LogP contribution is -2.14. The summed E-state index contributed by atoms with van der Waals surface area (Å²) < 4.78 is 10.5. The van der Waals surface area contributed by atoms with Crippen LogP contribution >= 0.6 is 25.3 Å². The van der Waals surface area contributed by atoms with Gasteiger partial charge in [0.05, 0.1) is 26.1 Å². The Morgan fingerprint density at radius 1 is 1.00 bits per heavy atom. The summed E-state index contributed by atoms with van der Waals surface area (Å²) in [4.78, 5) is 23.8. The Morgan fingerprint density at radius 3 is 2.14 bits per heavy atom. The van der Waals surface area contributed by atoms with Gasteiger partial charge in [-0.3, -0.25) is 9.59 Å². The fourth-order valence-corrected chi connectivity index (χ4v) is 3.33. The molecular formula is C23H32O4S2. The minimum atomic E-state index is -0.275. The Balaban J connectivity index is 2.16. The molecule has 0 heterocycles. The monoisotopic (exact) mass is 436 g/mol. The molecule has 0 N–H and O–H groups in total. The molecule has 4 nitrogen and oxygen atoms in total. The third kappa shape index (κ3) is 11.2. The predicted octanol–water partition coefficient (Wildman–Crippen LogP) is 5.52. The van der Waals surface area contributed by atoms with Crippen molar-refractivity contribution in [1.82, 2.24) is 0 Å². The lowest BCUT2D eigenvalue weighted by molar-refractivity contribution is -0.146. The Bertz CT molecular complexity index is 671. The molecule has 0 saturated carbocycles. The molecule has 0 radical (unpaired) electrons. The molecular weight excluding hydrogens is 404 g/mol. The average molecular weight is 437 g/mol. The third-order valence-corrected chi connectivity index (χ3v) is 5.11. The molecule has 2 unspecified atom stereocenters. The minimum absolute atomic E-state index is 0.168. The predicted molar refractivity (Wildman–Crippen MR) is 125 cm³/mol. The summed E-state index contributed by atoms with van der Waals surface area (Å²) in [7, 11) is 0. The van der Waals surface area contributed by atoms with Gasteiger partial charge in [-0.1, -0.05) is 55.5 Å². The van der Waals surface area contributed by atoms with Gasteiger partial charge in [-0.2, -0.15) is 25.3 Å². The zero-order chi connectivity index (χ0) is 21.5. The van der Waals surface area contributed by atoms with Crippen LogP contribution in [-0.2, 0) is 19.1 Å². The number of rotatable bonds is 13. The van der Waals surface area contributed by atoms with E-state index in [1.807, 2.05) is 56.3 Å². The molecule has 0 aliphatic carbocycles. The van der Waals surface area contributed by atoms with Crippen molar-refractivity contribution in [3.63, 3.8) is 0 Å². The standard InChI is InChI=1S/C23H32O4S2/c1-3-10-18(11-4-2)20(28)16-22(24)26-14-8-9-15-27-23(25)17-21(29)19-12-6-5-7-13-19/h3,5-7,10-13,20-21,28-29H,4,8-9,14-17H2,1-2H3/b10-3-,18-11+. The van der Waals surface area contributed by atoms with Crippen molar-refractivity contribution in [2.24, 2.45) is 0 Å². The van der Waals surface area contributed by atoms with Gasteiger partial charge in [0.25, 0.3) is 0 Å². The van der Waals surface area contributed by atoms with E-state index in [-0.39, 0.29) is 35.3 Å². The second-order valence-electron chi connectivity index (χ2n) is 6.61. The quantitative estimate of drug-likeness (QED) is 0.185. The highest BCUT2D eigenvalue weighted by Gasteiger charge is 2.14. The highest BCUT2D eigenvalue weighted by Crippen LogP contribution is 2.23. The van der Waals surface area contributed by atoms with Gasteiger partial charge in [0.15, 0.2) is 0 Å². The van der Waals surface area contributed by atoms with Crippen molar-refractivity contribution in [2.75, 3.05) is 13.2 Å². The number of esters is 2. The molecule has 2 atom stereocenters. The number of ether oxygens (including phenoxy) is 2. The first-order valence-corrected chi connectivity index (χ1v) is 11.1. The zero-order valence-corrected chi connectivity index (χ0v) is 19.0. The van der Waals surface area contributed by atoms with Gasteiger partial charge in [0.2, 0.25) is 0 Å². The number of carbonyl (C=O) groups is 2. The van der Waals surface area contributed by atoms with Crippen LogP contribution in [-0.4, -0.2) is 30.4 Å². The Hall–Kier alpha value is -1.66.